The topological polar surface area (TPSA) is 36.5 Å². The summed E-state index contributed by atoms with van der Waals surface area (Å²) in [5.41, 5.74) is 15.1. The Labute approximate surface area is 178 Å². The fraction of sp³-hybridized carbons (Fsp3) is 0.308. The maximum Gasteiger partial charge on any atom is 0.119 e. The minimum atomic E-state index is 0.259. The number of anilines is 1. The van der Waals surface area contributed by atoms with Crippen LogP contribution in [0.5, 0.6) is 5.75 Å². The van der Waals surface area contributed by atoms with Crippen molar-refractivity contribution < 1.29 is 4.74 Å². The number of rotatable bonds is 4. The molecule has 30 heavy (non-hydrogen) atoms. The second kappa shape index (κ2) is 7.78. The molecule has 4 heteroatoms. The van der Waals surface area contributed by atoms with Crippen molar-refractivity contribution in [2.75, 3.05) is 18.6 Å². The molecule has 2 aliphatic heterocycles. The van der Waals surface area contributed by atoms with Gasteiger partial charge in [0.15, 0.2) is 0 Å². The smallest absolute Gasteiger partial charge is 0.119 e. The summed E-state index contributed by atoms with van der Waals surface area (Å²) in [6.07, 6.45) is 0. The Hall–Kier alpha value is -2.82. The van der Waals surface area contributed by atoms with E-state index in [1.54, 1.807) is 7.11 Å². The van der Waals surface area contributed by atoms with Crippen LogP contribution in [-0.2, 0) is 6.54 Å². The van der Waals surface area contributed by atoms with E-state index in [1.807, 2.05) is 0 Å². The SMILES string of the molecule is COc1ccc2c(c1)C1NNC(c3ccc(C)cc3)C1CN2Cc1cccc(C)c1. The predicted molar refractivity (Wildman–Crippen MR) is 122 cm³/mol. The number of methoxy groups -OCH3 is 1. The summed E-state index contributed by atoms with van der Waals surface area (Å²) in [6.45, 7) is 6.20. The molecule has 1 saturated heterocycles. The molecule has 0 aromatic heterocycles. The molecule has 0 spiro atoms. The quantitative estimate of drug-likeness (QED) is 0.658. The van der Waals surface area contributed by atoms with Gasteiger partial charge in [-0.25, -0.2) is 10.9 Å². The number of ether oxygens (including phenoxy) is 1. The Morgan fingerprint density at radius 2 is 1.70 bits per heavy atom. The lowest BCUT2D eigenvalue weighted by atomic mass is 9.81. The van der Waals surface area contributed by atoms with Gasteiger partial charge in [-0.2, -0.15) is 0 Å². The molecule has 1 fully saturated rings. The van der Waals surface area contributed by atoms with Gasteiger partial charge in [-0.3, -0.25) is 0 Å². The van der Waals surface area contributed by atoms with Gasteiger partial charge in [0.2, 0.25) is 0 Å². The van der Waals surface area contributed by atoms with Crippen LogP contribution in [0.25, 0.3) is 0 Å². The largest absolute Gasteiger partial charge is 0.497 e. The van der Waals surface area contributed by atoms with E-state index in [0.717, 1.165) is 18.8 Å². The second-order valence-corrected chi connectivity index (χ2v) is 8.61. The summed E-state index contributed by atoms with van der Waals surface area (Å²) < 4.78 is 5.56. The zero-order valence-electron chi connectivity index (χ0n) is 17.9. The van der Waals surface area contributed by atoms with Crippen molar-refractivity contribution >= 4 is 5.69 Å². The first-order valence-electron chi connectivity index (χ1n) is 10.7. The lowest BCUT2D eigenvalue weighted by molar-refractivity contribution is 0.393. The molecular weight excluding hydrogens is 370 g/mol. The highest BCUT2D eigenvalue weighted by molar-refractivity contribution is 5.61. The van der Waals surface area contributed by atoms with Gasteiger partial charge in [-0.15, -0.1) is 0 Å². The summed E-state index contributed by atoms with van der Waals surface area (Å²) in [5.74, 6) is 1.34. The minimum absolute atomic E-state index is 0.259. The number of hydrogen-bond donors (Lipinski definition) is 2. The molecule has 3 aromatic rings. The normalized spacial score (nSPS) is 22.5. The monoisotopic (exact) mass is 399 g/mol. The van der Waals surface area contributed by atoms with Crippen LogP contribution in [0.15, 0.2) is 66.7 Å². The van der Waals surface area contributed by atoms with Gasteiger partial charge in [0.05, 0.1) is 19.2 Å². The molecule has 0 amide bonds. The van der Waals surface area contributed by atoms with Crippen LogP contribution in [0.2, 0.25) is 0 Å². The third kappa shape index (κ3) is 3.47. The molecule has 0 bridgehead atoms. The molecule has 3 aromatic carbocycles. The fourth-order valence-electron chi connectivity index (χ4n) is 4.94. The van der Waals surface area contributed by atoms with E-state index in [-0.39, 0.29) is 12.1 Å². The number of nitrogens with zero attached hydrogens (tertiary/aromatic N) is 1. The first-order chi connectivity index (χ1) is 14.6. The Bertz CT molecular complexity index is 1050. The van der Waals surface area contributed by atoms with E-state index in [1.165, 1.54) is 33.5 Å². The Morgan fingerprint density at radius 1 is 0.900 bits per heavy atom. The molecule has 0 aliphatic carbocycles. The second-order valence-electron chi connectivity index (χ2n) is 8.61. The molecule has 2 heterocycles. The van der Waals surface area contributed by atoms with Crippen LogP contribution in [0.1, 0.15) is 39.9 Å². The van der Waals surface area contributed by atoms with E-state index >= 15 is 0 Å². The highest BCUT2D eigenvalue weighted by Crippen LogP contribution is 2.46. The van der Waals surface area contributed by atoms with Crippen LogP contribution < -0.4 is 20.5 Å². The van der Waals surface area contributed by atoms with Crippen LogP contribution in [-0.4, -0.2) is 13.7 Å². The molecule has 2 aliphatic rings. The summed E-state index contributed by atoms with van der Waals surface area (Å²) in [6, 6.07) is 24.8. The van der Waals surface area contributed by atoms with E-state index in [2.05, 4.69) is 96.3 Å². The maximum absolute atomic E-state index is 5.56. The van der Waals surface area contributed by atoms with Gasteiger partial charge in [-0.1, -0.05) is 59.7 Å². The number of hydrogen-bond acceptors (Lipinski definition) is 4. The van der Waals surface area contributed by atoms with Gasteiger partial charge in [0, 0.05) is 24.7 Å². The summed E-state index contributed by atoms with van der Waals surface area (Å²) in [4.78, 5) is 2.53. The zero-order valence-corrected chi connectivity index (χ0v) is 17.9. The van der Waals surface area contributed by atoms with Crippen LogP contribution in [0, 0.1) is 19.8 Å². The molecule has 3 atom stereocenters. The van der Waals surface area contributed by atoms with Crippen molar-refractivity contribution in [1.29, 1.82) is 0 Å². The average molecular weight is 400 g/mol. The van der Waals surface area contributed by atoms with Crippen molar-refractivity contribution in [3.05, 3.63) is 94.5 Å². The van der Waals surface area contributed by atoms with Gasteiger partial charge in [0.1, 0.15) is 5.75 Å². The van der Waals surface area contributed by atoms with Crippen LogP contribution >= 0.6 is 0 Å². The average Bonchev–Trinajstić information content (AvgIpc) is 3.18. The lowest BCUT2D eigenvalue weighted by Crippen LogP contribution is -2.39. The first kappa shape index (κ1) is 19.2. The number of benzene rings is 3. The number of hydrazine groups is 1. The number of aryl methyl sites for hydroxylation is 2. The Balaban J connectivity index is 1.52. The van der Waals surface area contributed by atoms with E-state index < -0.39 is 0 Å². The molecule has 4 nitrogen and oxygen atoms in total. The van der Waals surface area contributed by atoms with Crippen molar-refractivity contribution in [2.24, 2.45) is 5.92 Å². The van der Waals surface area contributed by atoms with E-state index in [4.69, 9.17) is 4.74 Å². The molecule has 154 valence electrons. The van der Waals surface area contributed by atoms with Gasteiger partial charge in [0.25, 0.3) is 0 Å². The highest BCUT2D eigenvalue weighted by atomic mass is 16.5. The zero-order chi connectivity index (χ0) is 20.7. The third-order valence-electron chi connectivity index (χ3n) is 6.48. The third-order valence-corrected chi connectivity index (χ3v) is 6.48. The molecule has 3 unspecified atom stereocenters. The fourth-order valence-corrected chi connectivity index (χ4v) is 4.94. The first-order valence-corrected chi connectivity index (χ1v) is 10.7. The molecule has 5 rings (SSSR count). The van der Waals surface area contributed by atoms with Crippen LogP contribution in [0.4, 0.5) is 5.69 Å². The van der Waals surface area contributed by atoms with E-state index in [9.17, 15) is 0 Å². The van der Waals surface area contributed by atoms with Crippen molar-refractivity contribution in [2.45, 2.75) is 32.5 Å². The summed E-state index contributed by atoms with van der Waals surface area (Å²) in [7, 11) is 1.74. The molecule has 0 radical (unpaired) electrons. The molecular formula is C26H29N3O. The predicted octanol–water partition coefficient (Wildman–Crippen LogP) is 4.84. The van der Waals surface area contributed by atoms with Crippen LogP contribution in [0.3, 0.4) is 0 Å². The standard InChI is InChI=1S/C26H29N3O/c1-17-7-9-20(10-8-17)25-23-16-29(15-19-6-4-5-18(2)13-19)24-12-11-21(30-3)14-22(24)26(23)28-27-25/h4-14,23,25-28H,15-16H2,1-3H3. The Kier molecular flexibility index (Phi) is 4.97. The van der Waals surface area contributed by atoms with Crippen molar-refractivity contribution in [3.63, 3.8) is 0 Å². The maximum atomic E-state index is 5.56. The van der Waals surface area contributed by atoms with Crippen molar-refractivity contribution in [1.82, 2.24) is 10.9 Å². The number of fused-ring (bicyclic) bond motifs is 3. The molecule has 2 N–H and O–H groups in total. The lowest BCUT2D eigenvalue weighted by Gasteiger charge is -2.39. The van der Waals surface area contributed by atoms with Gasteiger partial charge >= 0.3 is 0 Å². The van der Waals surface area contributed by atoms with E-state index in [0.29, 0.717) is 5.92 Å². The van der Waals surface area contributed by atoms with Crippen molar-refractivity contribution in [3.8, 4) is 5.75 Å². The number of nitrogens with one attached hydrogen (secondary N) is 2. The highest BCUT2D eigenvalue weighted by Gasteiger charge is 2.43. The summed E-state index contributed by atoms with van der Waals surface area (Å²) in [5, 5.41) is 0. The minimum Gasteiger partial charge on any atom is -0.497 e. The van der Waals surface area contributed by atoms with Gasteiger partial charge in [-0.05, 0) is 48.7 Å². The van der Waals surface area contributed by atoms with Gasteiger partial charge < -0.3 is 9.64 Å². The molecule has 0 saturated carbocycles. The Morgan fingerprint density at radius 3 is 2.47 bits per heavy atom. The summed E-state index contributed by atoms with van der Waals surface area (Å²) >= 11 is 0.